The Morgan fingerprint density at radius 3 is 2.70 bits per heavy atom. The van der Waals surface area contributed by atoms with Crippen molar-refractivity contribution < 1.29 is 12.8 Å². The van der Waals surface area contributed by atoms with Gasteiger partial charge in [0.05, 0.1) is 11.5 Å². The van der Waals surface area contributed by atoms with Crippen LogP contribution in [0.5, 0.6) is 0 Å². The lowest BCUT2D eigenvalue weighted by Crippen LogP contribution is -2.41. The fraction of sp³-hybridized carbons (Fsp3) is 0.526. The van der Waals surface area contributed by atoms with Crippen LogP contribution in [0.4, 0.5) is 0 Å². The lowest BCUT2D eigenvalue weighted by atomic mass is 10.1. The van der Waals surface area contributed by atoms with Crippen molar-refractivity contribution in [3.05, 3.63) is 35.6 Å². The van der Waals surface area contributed by atoms with Crippen molar-refractivity contribution in [2.24, 2.45) is 10.9 Å². The van der Waals surface area contributed by atoms with Gasteiger partial charge in [-0.15, -0.1) is 24.0 Å². The molecule has 8 heteroatoms. The van der Waals surface area contributed by atoms with Crippen LogP contribution in [0.2, 0.25) is 0 Å². The van der Waals surface area contributed by atoms with Gasteiger partial charge in [0.25, 0.3) is 0 Å². The first-order valence-corrected chi connectivity index (χ1v) is 11.0. The van der Waals surface area contributed by atoms with E-state index in [-0.39, 0.29) is 35.6 Å². The molecule has 1 saturated heterocycles. The maximum absolute atomic E-state index is 11.6. The van der Waals surface area contributed by atoms with E-state index in [4.69, 9.17) is 4.42 Å². The number of halogens is 1. The number of aliphatic imine (C=N–C) groups is 1. The molecule has 2 aromatic rings. The number of guanidine groups is 1. The molecule has 148 valence electrons. The molecule has 0 radical (unpaired) electrons. The Morgan fingerprint density at radius 1 is 1.26 bits per heavy atom. The summed E-state index contributed by atoms with van der Waals surface area (Å²) in [7, 11) is -2.85. The average Bonchev–Trinajstić information content (AvgIpc) is 3.29. The van der Waals surface area contributed by atoms with Crippen molar-refractivity contribution in [2.45, 2.75) is 38.8 Å². The SMILES string of the molecule is Cc1c(CN=C(NCC2CCS(=O)(=O)C2)NC2CC2)oc2ccccc12.I. The van der Waals surface area contributed by atoms with E-state index in [1.54, 1.807) is 0 Å². The summed E-state index contributed by atoms with van der Waals surface area (Å²) in [5.41, 5.74) is 2.01. The number of rotatable bonds is 5. The second-order valence-electron chi connectivity index (χ2n) is 7.38. The van der Waals surface area contributed by atoms with Crippen LogP contribution in [0, 0.1) is 12.8 Å². The molecule has 2 N–H and O–H groups in total. The standard InChI is InChI=1S/C19H25N3O3S.HI/c1-13-16-4-2-3-5-17(16)25-18(13)11-21-19(22-15-6-7-15)20-10-14-8-9-26(23,24)12-14;/h2-5,14-15H,6-12H2,1H3,(H2,20,21,22);1H. The van der Waals surface area contributed by atoms with E-state index < -0.39 is 9.84 Å². The summed E-state index contributed by atoms with van der Waals surface area (Å²) >= 11 is 0. The predicted molar refractivity (Wildman–Crippen MR) is 118 cm³/mol. The van der Waals surface area contributed by atoms with Crippen LogP contribution in [-0.4, -0.2) is 38.5 Å². The third-order valence-electron chi connectivity index (χ3n) is 5.13. The van der Waals surface area contributed by atoms with Gasteiger partial charge in [0.1, 0.15) is 17.9 Å². The third kappa shape index (κ3) is 5.16. The summed E-state index contributed by atoms with van der Waals surface area (Å²) in [4.78, 5) is 4.68. The Hall–Kier alpha value is -1.29. The molecule has 1 aliphatic heterocycles. The lowest BCUT2D eigenvalue weighted by molar-refractivity contribution is 0.544. The van der Waals surface area contributed by atoms with Gasteiger partial charge in [-0.05, 0) is 38.2 Å². The minimum atomic E-state index is -2.85. The molecule has 1 aromatic heterocycles. The number of nitrogens with one attached hydrogen (secondary N) is 2. The average molecular weight is 503 g/mol. The van der Waals surface area contributed by atoms with E-state index in [0.717, 1.165) is 47.5 Å². The Kier molecular flexibility index (Phi) is 6.35. The number of nitrogens with zero attached hydrogens (tertiary/aromatic N) is 1. The number of aryl methyl sites for hydroxylation is 1. The number of fused-ring (bicyclic) bond motifs is 1. The summed E-state index contributed by atoms with van der Waals surface area (Å²) in [6, 6.07) is 8.48. The fourth-order valence-corrected chi connectivity index (χ4v) is 5.24. The number of hydrogen-bond acceptors (Lipinski definition) is 4. The van der Waals surface area contributed by atoms with Crippen molar-refractivity contribution in [3.63, 3.8) is 0 Å². The van der Waals surface area contributed by atoms with Crippen LogP contribution in [0.25, 0.3) is 11.0 Å². The second kappa shape index (κ2) is 8.38. The Morgan fingerprint density at radius 2 is 2.04 bits per heavy atom. The topological polar surface area (TPSA) is 83.7 Å². The molecular weight excluding hydrogens is 477 g/mol. The number of para-hydroxylation sites is 1. The maximum Gasteiger partial charge on any atom is 0.191 e. The van der Waals surface area contributed by atoms with Gasteiger partial charge in [-0.2, -0.15) is 0 Å². The van der Waals surface area contributed by atoms with Crippen LogP contribution in [-0.2, 0) is 16.4 Å². The molecule has 1 atom stereocenters. The minimum absolute atomic E-state index is 0. The Balaban J connectivity index is 0.00000210. The highest BCUT2D eigenvalue weighted by molar-refractivity contribution is 14.0. The molecular formula is C19H26IN3O3S. The van der Waals surface area contributed by atoms with Gasteiger partial charge in [0, 0.05) is 23.5 Å². The first kappa shape index (κ1) is 20.4. The van der Waals surface area contributed by atoms with E-state index in [1.165, 1.54) is 0 Å². The van der Waals surface area contributed by atoms with Crippen LogP contribution in [0.15, 0.2) is 33.7 Å². The van der Waals surface area contributed by atoms with E-state index in [1.807, 2.05) is 18.2 Å². The molecule has 0 spiro atoms. The fourth-order valence-electron chi connectivity index (χ4n) is 3.37. The molecule has 27 heavy (non-hydrogen) atoms. The van der Waals surface area contributed by atoms with Gasteiger partial charge in [-0.25, -0.2) is 13.4 Å². The third-order valence-corrected chi connectivity index (χ3v) is 6.96. The van der Waals surface area contributed by atoms with Gasteiger partial charge < -0.3 is 15.1 Å². The number of sulfone groups is 1. The van der Waals surface area contributed by atoms with Gasteiger partial charge in [0.15, 0.2) is 15.8 Å². The van der Waals surface area contributed by atoms with Crippen molar-refractivity contribution in [1.82, 2.24) is 10.6 Å². The molecule has 2 fully saturated rings. The number of hydrogen-bond donors (Lipinski definition) is 2. The van der Waals surface area contributed by atoms with E-state index >= 15 is 0 Å². The summed E-state index contributed by atoms with van der Waals surface area (Å²) in [5, 5.41) is 7.86. The van der Waals surface area contributed by atoms with E-state index in [9.17, 15) is 8.42 Å². The molecule has 1 saturated carbocycles. The maximum atomic E-state index is 11.6. The Bertz CT molecular complexity index is 935. The zero-order valence-electron chi connectivity index (χ0n) is 15.4. The first-order chi connectivity index (χ1) is 12.5. The highest BCUT2D eigenvalue weighted by Crippen LogP contribution is 2.25. The molecule has 4 rings (SSSR count). The van der Waals surface area contributed by atoms with E-state index in [2.05, 4.69) is 28.6 Å². The number of benzene rings is 1. The smallest absolute Gasteiger partial charge is 0.191 e. The molecule has 0 bridgehead atoms. The molecule has 1 aromatic carbocycles. The summed E-state index contributed by atoms with van der Waals surface area (Å²) in [6.45, 7) is 3.16. The summed E-state index contributed by atoms with van der Waals surface area (Å²) in [5.74, 6) is 2.36. The van der Waals surface area contributed by atoms with Crippen molar-refractivity contribution in [1.29, 1.82) is 0 Å². The lowest BCUT2D eigenvalue weighted by Gasteiger charge is -2.14. The molecule has 1 unspecified atom stereocenters. The predicted octanol–water partition coefficient (Wildman–Crippen LogP) is 2.99. The van der Waals surface area contributed by atoms with Crippen molar-refractivity contribution in [2.75, 3.05) is 18.1 Å². The van der Waals surface area contributed by atoms with Crippen molar-refractivity contribution in [3.8, 4) is 0 Å². The van der Waals surface area contributed by atoms with Crippen molar-refractivity contribution >= 4 is 50.7 Å². The molecule has 6 nitrogen and oxygen atoms in total. The van der Waals surface area contributed by atoms with Gasteiger partial charge in [0.2, 0.25) is 0 Å². The largest absolute Gasteiger partial charge is 0.459 e. The van der Waals surface area contributed by atoms with Gasteiger partial charge in [-0.3, -0.25) is 0 Å². The summed E-state index contributed by atoms with van der Waals surface area (Å²) in [6.07, 6.45) is 3.04. The zero-order chi connectivity index (χ0) is 18.1. The molecule has 2 heterocycles. The number of furan rings is 1. The highest BCUT2D eigenvalue weighted by atomic mass is 127. The van der Waals surface area contributed by atoms with E-state index in [0.29, 0.717) is 24.9 Å². The van der Waals surface area contributed by atoms with Crippen LogP contribution < -0.4 is 10.6 Å². The van der Waals surface area contributed by atoms with Crippen LogP contribution >= 0.6 is 24.0 Å². The zero-order valence-corrected chi connectivity index (χ0v) is 18.5. The normalized spacial score (nSPS) is 21.8. The van der Waals surface area contributed by atoms with Gasteiger partial charge in [-0.1, -0.05) is 18.2 Å². The summed E-state index contributed by atoms with van der Waals surface area (Å²) < 4.78 is 29.2. The molecule has 1 aliphatic carbocycles. The minimum Gasteiger partial charge on any atom is -0.459 e. The molecule has 0 amide bonds. The first-order valence-electron chi connectivity index (χ1n) is 9.22. The van der Waals surface area contributed by atoms with Crippen LogP contribution in [0.3, 0.4) is 0 Å². The quantitative estimate of drug-likeness (QED) is 0.373. The van der Waals surface area contributed by atoms with Crippen LogP contribution in [0.1, 0.15) is 30.6 Å². The second-order valence-corrected chi connectivity index (χ2v) is 9.61. The van der Waals surface area contributed by atoms with Gasteiger partial charge >= 0.3 is 0 Å². The molecule has 2 aliphatic rings. The monoisotopic (exact) mass is 503 g/mol. The highest BCUT2D eigenvalue weighted by Gasteiger charge is 2.28. The Labute approximate surface area is 177 Å².